The van der Waals surface area contributed by atoms with E-state index in [0.29, 0.717) is 23.2 Å². The minimum absolute atomic E-state index is 0.0290. The van der Waals surface area contributed by atoms with Crippen LogP contribution in [0, 0.1) is 0 Å². The van der Waals surface area contributed by atoms with Gasteiger partial charge in [0.15, 0.2) is 21.0 Å². The average molecular weight is 387 g/mol. The topological polar surface area (TPSA) is 97.8 Å². The summed E-state index contributed by atoms with van der Waals surface area (Å²) in [6.07, 6.45) is 1.83. The Labute approximate surface area is 155 Å². The van der Waals surface area contributed by atoms with Crippen LogP contribution in [-0.2, 0) is 16.4 Å². The van der Waals surface area contributed by atoms with Crippen LogP contribution in [0.1, 0.15) is 22.7 Å². The number of para-hydroxylation sites is 1. The highest BCUT2D eigenvalue weighted by Crippen LogP contribution is 2.23. The fraction of sp³-hybridized carbons (Fsp3) is 0.263. The number of hydrogen-bond acceptors (Lipinski definition) is 6. The van der Waals surface area contributed by atoms with E-state index in [2.05, 4.69) is 0 Å². The highest BCUT2D eigenvalue weighted by molar-refractivity contribution is 7.91. The molecule has 140 valence electrons. The molecule has 0 radical (unpaired) electrons. The maximum atomic E-state index is 13.1. The normalized spacial score (nSPS) is 18.6. The molecular formula is C19H17NO6S. The Morgan fingerprint density at radius 3 is 2.70 bits per heavy atom. The summed E-state index contributed by atoms with van der Waals surface area (Å²) in [6, 6.07) is 10.7. The Bertz CT molecular complexity index is 1150. The zero-order chi connectivity index (χ0) is 19.0. The van der Waals surface area contributed by atoms with Crippen molar-refractivity contribution in [1.82, 2.24) is 4.90 Å². The molecule has 3 aromatic rings. The summed E-state index contributed by atoms with van der Waals surface area (Å²) in [5.74, 6) is -0.208. The number of hydrogen-bond donors (Lipinski definition) is 0. The molecule has 1 fully saturated rings. The van der Waals surface area contributed by atoms with Gasteiger partial charge in [0.25, 0.3) is 5.91 Å². The molecule has 1 aliphatic rings. The predicted octanol–water partition coefficient (Wildman–Crippen LogP) is 2.22. The van der Waals surface area contributed by atoms with Gasteiger partial charge in [0.1, 0.15) is 11.3 Å². The standard InChI is InChI=1S/C19H17NO6S/c21-16-10-18(26-17-6-2-1-5-15(16)17)19(22)20(11-14-4-3-8-25-14)13-7-9-27(23,24)12-13/h1-6,8,10,13H,7,9,11-12H2. The number of carbonyl (C=O) groups is 1. The van der Waals surface area contributed by atoms with Crippen molar-refractivity contribution >= 4 is 26.7 Å². The van der Waals surface area contributed by atoms with E-state index < -0.39 is 21.8 Å². The summed E-state index contributed by atoms with van der Waals surface area (Å²) in [5.41, 5.74) is -0.0115. The molecular weight excluding hydrogens is 370 g/mol. The lowest BCUT2D eigenvalue weighted by Crippen LogP contribution is -2.40. The van der Waals surface area contributed by atoms with Gasteiger partial charge >= 0.3 is 0 Å². The quantitative estimate of drug-likeness (QED) is 0.681. The van der Waals surface area contributed by atoms with Crippen LogP contribution in [0.5, 0.6) is 0 Å². The second-order valence-electron chi connectivity index (χ2n) is 6.54. The molecule has 1 aliphatic heterocycles. The number of benzene rings is 1. The lowest BCUT2D eigenvalue weighted by molar-refractivity contribution is 0.0634. The molecule has 8 heteroatoms. The van der Waals surface area contributed by atoms with Crippen molar-refractivity contribution in [3.05, 3.63) is 70.5 Å². The molecule has 1 unspecified atom stereocenters. The third-order valence-corrected chi connectivity index (χ3v) is 6.41. The van der Waals surface area contributed by atoms with Gasteiger partial charge in [-0.3, -0.25) is 9.59 Å². The molecule has 1 amide bonds. The van der Waals surface area contributed by atoms with Crippen molar-refractivity contribution in [2.45, 2.75) is 19.0 Å². The largest absolute Gasteiger partial charge is 0.467 e. The van der Waals surface area contributed by atoms with E-state index in [1.54, 1.807) is 36.4 Å². The van der Waals surface area contributed by atoms with Gasteiger partial charge in [-0.2, -0.15) is 0 Å². The molecule has 1 saturated heterocycles. The smallest absolute Gasteiger partial charge is 0.290 e. The van der Waals surface area contributed by atoms with Crippen molar-refractivity contribution in [2.24, 2.45) is 0 Å². The maximum absolute atomic E-state index is 13.1. The van der Waals surface area contributed by atoms with Gasteiger partial charge in [0.2, 0.25) is 0 Å². The van der Waals surface area contributed by atoms with Gasteiger partial charge in [-0.05, 0) is 30.7 Å². The molecule has 0 aliphatic carbocycles. The number of nitrogens with zero attached hydrogens (tertiary/aromatic N) is 1. The number of amides is 1. The molecule has 4 rings (SSSR count). The van der Waals surface area contributed by atoms with Gasteiger partial charge in [-0.15, -0.1) is 0 Å². The highest BCUT2D eigenvalue weighted by Gasteiger charge is 2.36. The lowest BCUT2D eigenvalue weighted by atomic mass is 10.1. The van der Waals surface area contributed by atoms with E-state index >= 15 is 0 Å². The van der Waals surface area contributed by atoms with E-state index in [9.17, 15) is 18.0 Å². The zero-order valence-corrected chi connectivity index (χ0v) is 15.1. The number of carbonyl (C=O) groups excluding carboxylic acids is 1. The minimum atomic E-state index is -3.19. The fourth-order valence-corrected chi connectivity index (χ4v) is 5.04. The Hall–Kier alpha value is -2.87. The van der Waals surface area contributed by atoms with Gasteiger partial charge in [0.05, 0.1) is 29.7 Å². The third-order valence-electron chi connectivity index (χ3n) is 4.66. The molecule has 27 heavy (non-hydrogen) atoms. The Morgan fingerprint density at radius 1 is 1.19 bits per heavy atom. The van der Waals surface area contributed by atoms with Crippen molar-refractivity contribution in [2.75, 3.05) is 11.5 Å². The molecule has 3 heterocycles. The summed E-state index contributed by atoms with van der Waals surface area (Å²) in [6.45, 7) is 0.0998. The number of furan rings is 1. The first-order valence-corrected chi connectivity index (χ1v) is 10.3. The third kappa shape index (κ3) is 3.52. The van der Waals surface area contributed by atoms with E-state index in [-0.39, 0.29) is 29.2 Å². The average Bonchev–Trinajstić information content (AvgIpc) is 3.28. The van der Waals surface area contributed by atoms with Crippen molar-refractivity contribution in [1.29, 1.82) is 0 Å². The first kappa shape index (κ1) is 17.5. The summed E-state index contributed by atoms with van der Waals surface area (Å²) in [5, 5.41) is 0.384. The molecule has 0 saturated carbocycles. The highest BCUT2D eigenvalue weighted by atomic mass is 32.2. The van der Waals surface area contributed by atoms with Crippen LogP contribution in [-0.4, -0.2) is 36.8 Å². The Kier molecular flexibility index (Phi) is 4.35. The molecule has 0 bridgehead atoms. The first-order valence-electron chi connectivity index (χ1n) is 8.50. The molecule has 7 nitrogen and oxygen atoms in total. The summed E-state index contributed by atoms with van der Waals surface area (Å²) >= 11 is 0. The molecule has 1 atom stereocenters. The van der Waals surface area contributed by atoms with Gasteiger partial charge in [-0.1, -0.05) is 12.1 Å². The first-order chi connectivity index (χ1) is 12.9. The second kappa shape index (κ2) is 6.70. The van der Waals surface area contributed by atoms with Crippen molar-refractivity contribution in [3.8, 4) is 0 Å². The summed E-state index contributed by atoms with van der Waals surface area (Å²) in [7, 11) is -3.19. The van der Waals surface area contributed by atoms with Crippen LogP contribution in [0.25, 0.3) is 11.0 Å². The summed E-state index contributed by atoms with van der Waals surface area (Å²) in [4.78, 5) is 26.9. The number of sulfone groups is 1. The van der Waals surface area contributed by atoms with Gasteiger partial charge in [0, 0.05) is 12.1 Å². The van der Waals surface area contributed by atoms with Gasteiger partial charge in [-0.25, -0.2) is 8.42 Å². The molecule has 1 aromatic carbocycles. The molecule has 0 N–H and O–H groups in total. The van der Waals surface area contributed by atoms with Crippen LogP contribution in [0.3, 0.4) is 0 Å². The Balaban J connectivity index is 1.73. The molecule has 2 aromatic heterocycles. The van der Waals surface area contributed by atoms with Gasteiger partial charge < -0.3 is 13.7 Å². The SMILES string of the molecule is O=C(c1cc(=O)c2ccccc2o1)N(Cc1ccco1)C1CCS(=O)(=O)C1. The van der Waals surface area contributed by atoms with Crippen LogP contribution in [0.15, 0.2) is 62.4 Å². The van der Waals surface area contributed by atoms with Crippen molar-refractivity contribution in [3.63, 3.8) is 0 Å². The van der Waals surface area contributed by atoms with E-state index in [4.69, 9.17) is 8.83 Å². The van der Waals surface area contributed by atoms with Crippen LogP contribution >= 0.6 is 0 Å². The monoisotopic (exact) mass is 387 g/mol. The summed E-state index contributed by atoms with van der Waals surface area (Å²) < 4.78 is 34.8. The van der Waals surface area contributed by atoms with Crippen molar-refractivity contribution < 1.29 is 22.0 Å². The predicted molar refractivity (Wildman–Crippen MR) is 98.1 cm³/mol. The Morgan fingerprint density at radius 2 is 2.00 bits per heavy atom. The van der Waals surface area contributed by atoms with E-state index in [1.807, 2.05) is 0 Å². The lowest BCUT2D eigenvalue weighted by Gasteiger charge is -2.26. The minimum Gasteiger partial charge on any atom is -0.467 e. The van der Waals surface area contributed by atoms with E-state index in [1.165, 1.54) is 11.2 Å². The maximum Gasteiger partial charge on any atom is 0.290 e. The number of fused-ring (bicyclic) bond motifs is 1. The second-order valence-corrected chi connectivity index (χ2v) is 8.77. The van der Waals surface area contributed by atoms with Crippen LogP contribution < -0.4 is 5.43 Å². The van der Waals surface area contributed by atoms with E-state index in [0.717, 1.165) is 6.07 Å². The molecule has 0 spiro atoms. The zero-order valence-electron chi connectivity index (χ0n) is 14.3. The number of rotatable bonds is 4. The van der Waals surface area contributed by atoms with Crippen LogP contribution in [0.4, 0.5) is 0 Å². The van der Waals surface area contributed by atoms with Crippen LogP contribution in [0.2, 0.25) is 0 Å². The fourth-order valence-electron chi connectivity index (χ4n) is 3.31.